The van der Waals surface area contributed by atoms with Crippen LogP contribution < -0.4 is 5.43 Å². The highest BCUT2D eigenvalue weighted by atomic mass is 35.5. The van der Waals surface area contributed by atoms with Gasteiger partial charge in [0, 0.05) is 45.3 Å². The summed E-state index contributed by atoms with van der Waals surface area (Å²) in [5.74, 6) is -0.880. The van der Waals surface area contributed by atoms with Gasteiger partial charge in [-0.2, -0.15) is 0 Å². The van der Waals surface area contributed by atoms with Crippen LogP contribution in [0.1, 0.15) is 45.1 Å². The molecule has 43 heavy (non-hydrogen) atoms. The molecule has 0 saturated heterocycles. The number of benzene rings is 5. The van der Waals surface area contributed by atoms with Crippen LogP contribution >= 0.6 is 11.6 Å². The molecule has 0 unspecified atom stereocenters. The SMILES string of the molecule is CC12OOC(c3cc4c(-c5ccc(C(=O)O)cc5)c5cc(Cl)c(=O)cc-5oc4cc3O)(c3ccccc31)c1ccccc12. The molecule has 2 aliphatic carbocycles. The number of carbonyl (C=O) groups is 1. The highest BCUT2D eigenvalue weighted by Gasteiger charge is 2.58. The number of aromatic hydroxyl groups is 1. The predicted octanol–water partition coefficient (Wildman–Crippen LogP) is 7.45. The lowest BCUT2D eigenvalue weighted by atomic mass is 9.64. The van der Waals surface area contributed by atoms with E-state index in [0.717, 1.165) is 22.3 Å². The summed E-state index contributed by atoms with van der Waals surface area (Å²) in [6.07, 6.45) is 0. The van der Waals surface area contributed by atoms with Gasteiger partial charge in [0.05, 0.1) is 10.6 Å². The standard InChI is InChI=1S/C35H21ClO7/c1-34-22-6-2-4-8-24(22)35(43-42-34,25-9-5-3-7-23(25)34)26-14-20-30(16-28(26)37)41-31-17-29(38)27(36)15-21(31)32(20)18-10-12-19(13-11-18)33(39)40/h2-17,37H,1H3,(H,39,40). The minimum absolute atomic E-state index is 0.0153. The lowest BCUT2D eigenvalue weighted by molar-refractivity contribution is -0.415. The van der Waals surface area contributed by atoms with Gasteiger partial charge in [0.25, 0.3) is 0 Å². The van der Waals surface area contributed by atoms with Crippen molar-refractivity contribution in [2.24, 2.45) is 0 Å². The maximum Gasteiger partial charge on any atom is 0.335 e. The Hall–Kier alpha value is -4.95. The summed E-state index contributed by atoms with van der Waals surface area (Å²) in [5.41, 5.74) is 3.64. The number of halogens is 1. The number of phenolic OH excluding ortho intramolecular Hbond substituents is 1. The predicted molar refractivity (Wildman–Crippen MR) is 160 cm³/mol. The summed E-state index contributed by atoms with van der Waals surface area (Å²) >= 11 is 6.31. The summed E-state index contributed by atoms with van der Waals surface area (Å²) < 4.78 is 6.18. The number of hydrogen-bond donors (Lipinski definition) is 2. The first-order chi connectivity index (χ1) is 20.7. The van der Waals surface area contributed by atoms with E-state index in [1.807, 2.05) is 55.5 Å². The second-order valence-corrected chi connectivity index (χ2v) is 11.4. The van der Waals surface area contributed by atoms with Gasteiger partial charge in [-0.15, -0.1) is 0 Å². The molecule has 9 rings (SSSR count). The molecule has 0 spiro atoms. The van der Waals surface area contributed by atoms with Gasteiger partial charge in [-0.05, 0) is 47.9 Å². The van der Waals surface area contributed by atoms with Gasteiger partial charge in [0.1, 0.15) is 17.1 Å². The topological polar surface area (TPSA) is 106 Å². The van der Waals surface area contributed by atoms with Crippen molar-refractivity contribution in [2.75, 3.05) is 0 Å². The second-order valence-electron chi connectivity index (χ2n) is 11.0. The van der Waals surface area contributed by atoms with Crippen LogP contribution in [-0.2, 0) is 21.0 Å². The third kappa shape index (κ3) is 3.38. The Morgan fingerprint density at radius 3 is 2.05 bits per heavy atom. The number of fused-ring (bicyclic) bond motifs is 3. The zero-order chi connectivity index (χ0) is 29.7. The van der Waals surface area contributed by atoms with Crippen molar-refractivity contribution in [3.05, 3.63) is 146 Å². The van der Waals surface area contributed by atoms with Gasteiger partial charge in [-0.1, -0.05) is 72.3 Å². The average Bonchev–Trinajstić information content (AvgIpc) is 3.01. The Morgan fingerprint density at radius 1 is 0.791 bits per heavy atom. The molecule has 0 saturated carbocycles. The quantitative estimate of drug-likeness (QED) is 0.163. The van der Waals surface area contributed by atoms with E-state index in [9.17, 15) is 19.8 Å². The van der Waals surface area contributed by atoms with Crippen LogP contribution in [0.4, 0.5) is 0 Å². The largest absolute Gasteiger partial charge is 0.507 e. The third-order valence-corrected chi connectivity index (χ3v) is 8.96. The molecule has 8 heteroatoms. The van der Waals surface area contributed by atoms with Crippen molar-refractivity contribution >= 4 is 28.5 Å². The van der Waals surface area contributed by atoms with Crippen molar-refractivity contribution in [2.45, 2.75) is 18.1 Å². The highest BCUT2D eigenvalue weighted by molar-refractivity contribution is 6.31. The van der Waals surface area contributed by atoms with Crippen LogP contribution in [0.25, 0.3) is 33.4 Å². The lowest BCUT2D eigenvalue weighted by Crippen LogP contribution is -2.51. The number of phenols is 1. The molecule has 0 aromatic heterocycles. The Labute approximate surface area is 249 Å². The molecule has 3 aliphatic heterocycles. The summed E-state index contributed by atoms with van der Waals surface area (Å²) in [6.45, 7) is 1.96. The Bertz CT molecular complexity index is 2130. The van der Waals surface area contributed by atoms with Crippen molar-refractivity contribution in [1.82, 2.24) is 0 Å². The fourth-order valence-corrected chi connectivity index (χ4v) is 6.83. The zero-order valence-corrected chi connectivity index (χ0v) is 23.3. The second kappa shape index (κ2) is 8.78. The minimum Gasteiger partial charge on any atom is -0.507 e. The number of carboxylic acids is 1. The van der Waals surface area contributed by atoms with E-state index in [0.29, 0.717) is 33.2 Å². The Kier molecular flexibility index (Phi) is 5.26. The van der Waals surface area contributed by atoms with Crippen LogP contribution in [0.15, 0.2) is 106 Å². The van der Waals surface area contributed by atoms with Gasteiger partial charge < -0.3 is 14.6 Å². The van der Waals surface area contributed by atoms with Crippen LogP contribution in [0.5, 0.6) is 5.75 Å². The molecule has 4 aromatic carbocycles. The maximum absolute atomic E-state index is 12.5. The number of hydrogen-bond acceptors (Lipinski definition) is 6. The van der Waals surface area contributed by atoms with E-state index in [-0.39, 0.29) is 22.1 Å². The smallest absolute Gasteiger partial charge is 0.335 e. The van der Waals surface area contributed by atoms with Crippen LogP contribution in [0, 0.1) is 0 Å². The van der Waals surface area contributed by atoms with Gasteiger partial charge in [0.2, 0.25) is 5.43 Å². The molecule has 0 amide bonds. The molecule has 210 valence electrons. The van der Waals surface area contributed by atoms with Gasteiger partial charge in [0.15, 0.2) is 11.2 Å². The Balaban J connectivity index is 1.50. The zero-order valence-electron chi connectivity index (χ0n) is 22.6. The number of aromatic carboxylic acids is 1. The third-order valence-electron chi connectivity index (χ3n) is 8.66. The fraction of sp³-hybridized carbons (Fsp3) is 0.0857. The molecule has 2 N–H and O–H groups in total. The Morgan fingerprint density at radius 2 is 1.42 bits per heavy atom. The van der Waals surface area contributed by atoms with Gasteiger partial charge in [-0.3, -0.25) is 4.79 Å². The normalized spacial score (nSPS) is 20.2. The summed E-state index contributed by atoms with van der Waals surface area (Å²) in [6, 6.07) is 28.3. The highest BCUT2D eigenvalue weighted by Crippen LogP contribution is 2.60. The van der Waals surface area contributed by atoms with Crippen molar-refractivity contribution in [1.29, 1.82) is 0 Å². The van der Waals surface area contributed by atoms with E-state index in [4.69, 9.17) is 25.8 Å². The van der Waals surface area contributed by atoms with Crippen molar-refractivity contribution in [3.8, 4) is 28.2 Å². The summed E-state index contributed by atoms with van der Waals surface area (Å²) in [4.78, 5) is 36.5. The fourth-order valence-electron chi connectivity index (χ4n) is 6.66. The summed E-state index contributed by atoms with van der Waals surface area (Å²) in [7, 11) is 0. The first kappa shape index (κ1) is 25.7. The van der Waals surface area contributed by atoms with E-state index in [2.05, 4.69) is 0 Å². The molecule has 3 heterocycles. The number of rotatable bonds is 3. The molecule has 4 aromatic rings. The maximum atomic E-state index is 12.5. The molecule has 0 radical (unpaired) electrons. The monoisotopic (exact) mass is 588 g/mol. The van der Waals surface area contributed by atoms with Gasteiger partial charge in [-0.25, -0.2) is 14.6 Å². The molecular weight excluding hydrogens is 568 g/mol. The molecule has 7 nitrogen and oxygen atoms in total. The lowest BCUT2D eigenvalue weighted by Gasteiger charge is -2.52. The first-order valence-electron chi connectivity index (χ1n) is 13.6. The molecule has 2 bridgehead atoms. The van der Waals surface area contributed by atoms with Crippen LogP contribution in [0.3, 0.4) is 0 Å². The van der Waals surface area contributed by atoms with E-state index >= 15 is 0 Å². The molecular formula is C35H21ClO7. The van der Waals surface area contributed by atoms with Crippen LogP contribution in [-0.4, -0.2) is 16.2 Å². The minimum atomic E-state index is -1.32. The van der Waals surface area contributed by atoms with E-state index in [1.54, 1.807) is 24.3 Å². The van der Waals surface area contributed by atoms with Crippen LogP contribution in [0.2, 0.25) is 5.02 Å². The van der Waals surface area contributed by atoms with Crippen molar-refractivity contribution in [3.63, 3.8) is 0 Å². The van der Waals surface area contributed by atoms with E-state index < -0.39 is 22.6 Å². The number of carboxylic acid groups (broad SMARTS) is 1. The average molecular weight is 589 g/mol. The molecule has 0 atom stereocenters. The summed E-state index contributed by atoms with van der Waals surface area (Å²) in [5, 5.41) is 21.8. The molecule has 0 fully saturated rings. The first-order valence-corrected chi connectivity index (χ1v) is 13.9. The molecule has 5 aliphatic rings. The van der Waals surface area contributed by atoms with Crippen molar-refractivity contribution < 1.29 is 29.2 Å². The van der Waals surface area contributed by atoms with E-state index in [1.165, 1.54) is 24.3 Å². The van der Waals surface area contributed by atoms with Gasteiger partial charge >= 0.3 is 5.97 Å².